The standard InChI is InChI=1S/C48H94N2O3/c1-6-11-16-21-26-30-35-40-47(41-36-31-27-22-17-12-7-2)45(51)49(44-39-34-25-20-15-10-5)46(52)48(50(47)53,42-37-32-28-23-18-13-8-3)43-38-33-29-24-19-14-9-4/h53H,6-44H2,1-5H3. The third kappa shape index (κ3) is 19.7. The second-order valence-electron chi connectivity index (χ2n) is 17.4. The van der Waals surface area contributed by atoms with Crippen LogP contribution in [0.25, 0.3) is 0 Å². The summed E-state index contributed by atoms with van der Waals surface area (Å²) < 4.78 is 0. The molecule has 314 valence electrons. The molecule has 0 aromatic carbocycles. The van der Waals surface area contributed by atoms with Crippen LogP contribution < -0.4 is 0 Å². The van der Waals surface area contributed by atoms with Gasteiger partial charge in [-0.3, -0.25) is 14.5 Å². The van der Waals surface area contributed by atoms with Crippen molar-refractivity contribution < 1.29 is 14.8 Å². The second kappa shape index (κ2) is 33.2. The van der Waals surface area contributed by atoms with Crippen molar-refractivity contribution >= 4 is 11.8 Å². The molecule has 1 saturated heterocycles. The van der Waals surface area contributed by atoms with E-state index in [4.69, 9.17) is 0 Å². The maximum absolute atomic E-state index is 15.0. The number of nitrogens with zero attached hydrogens (tertiary/aromatic N) is 2. The summed E-state index contributed by atoms with van der Waals surface area (Å²) in [5.74, 6) is -0.157. The number of hydrogen-bond acceptors (Lipinski definition) is 4. The van der Waals surface area contributed by atoms with E-state index in [1.807, 2.05) is 0 Å². The largest absolute Gasteiger partial charge is 0.312 e. The topological polar surface area (TPSA) is 60.9 Å². The van der Waals surface area contributed by atoms with Gasteiger partial charge in [-0.1, -0.05) is 247 Å². The van der Waals surface area contributed by atoms with Gasteiger partial charge in [-0.05, 0) is 32.1 Å². The predicted octanol–water partition coefficient (Wildman–Crippen LogP) is 15.4. The Balaban J connectivity index is 3.44. The fourth-order valence-corrected chi connectivity index (χ4v) is 9.04. The lowest BCUT2D eigenvalue weighted by molar-refractivity contribution is -0.263. The molecular weight excluding hydrogens is 653 g/mol. The lowest BCUT2D eigenvalue weighted by atomic mass is 9.73. The van der Waals surface area contributed by atoms with Crippen molar-refractivity contribution in [2.24, 2.45) is 0 Å². The van der Waals surface area contributed by atoms with Crippen LogP contribution in [0.15, 0.2) is 0 Å². The Morgan fingerprint density at radius 1 is 0.340 bits per heavy atom. The van der Waals surface area contributed by atoms with Crippen LogP contribution in [0.3, 0.4) is 0 Å². The highest BCUT2D eigenvalue weighted by Crippen LogP contribution is 2.45. The third-order valence-electron chi connectivity index (χ3n) is 12.6. The van der Waals surface area contributed by atoms with Crippen molar-refractivity contribution in [2.45, 2.75) is 290 Å². The van der Waals surface area contributed by atoms with E-state index in [0.29, 0.717) is 32.2 Å². The summed E-state index contributed by atoms with van der Waals surface area (Å²) in [6.45, 7) is 11.8. The summed E-state index contributed by atoms with van der Waals surface area (Å²) in [7, 11) is 0. The molecule has 0 unspecified atom stereocenters. The first-order valence-corrected chi connectivity index (χ1v) is 24.3. The van der Waals surface area contributed by atoms with E-state index in [2.05, 4.69) is 34.6 Å². The Hall–Kier alpha value is -0.940. The molecule has 1 heterocycles. The highest BCUT2D eigenvalue weighted by Gasteiger charge is 2.62. The normalized spacial score (nSPS) is 15.9. The lowest BCUT2D eigenvalue weighted by Gasteiger charge is -2.56. The first-order valence-electron chi connectivity index (χ1n) is 24.3. The summed E-state index contributed by atoms with van der Waals surface area (Å²) in [6.07, 6.45) is 42.7. The van der Waals surface area contributed by atoms with Gasteiger partial charge >= 0.3 is 0 Å². The molecule has 1 fully saturated rings. The molecule has 0 spiro atoms. The first-order chi connectivity index (χ1) is 25.9. The Morgan fingerprint density at radius 3 is 0.792 bits per heavy atom. The van der Waals surface area contributed by atoms with E-state index in [9.17, 15) is 14.8 Å². The number of carbonyl (C=O) groups excluding carboxylic acids is 2. The van der Waals surface area contributed by atoms with Gasteiger partial charge < -0.3 is 5.21 Å². The molecule has 53 heavy (non-hydrogen) atoms. The average molecular weight is 747 g/mol. The van der Waals surface area contributed by atoms with Crippen LogP contribution in [0.5, 0.6) is 0 Å². The van der Waals surface area contributed by atoms with Gasteiger partial charge in [0.1, 0.15) is 11.1 Å². The molecule has 0 radical (unpaired) electrons. The van der Waals surface area contributed by atoms with E-state index >= 15 is 0 Å². The molecule has 1 aliphatic heterocycles. The van der Waals surface area contributed by atoms with Crippen LogP contribution >= 0.6 is 0 Å². The Kier molecular flexibility index (Phi) is 31.4. The first kappa shape index (κ1) is 50.1. The fourth-order valence-electron chi connectivity index (χ4n) is 9.04. The zero-order chi connectivity index (χ0) is 38.9. The van der Waals surface area contributed by atoms with Crippen molar-refractivity contribution in [1.82, 2.24) is 9.96 Å². The zero-order valence-corrected chi connectivity index (χ0v) is 36.7. The third-order valence-corrected chi connectivity index (χ3v) is 12.6. The quantitative estimate of drug-likeness (QED) is 0.0502. The minimum atomic E-state index is -0.995. The van der Waals surface area contributed by atoms with Gasteiger partial charge in [0.2, 0.25) is 0 Å². The molecule has 1 aliphatic rings. The summed E-state index contributed by atoms with van der Waals surface area (Å²) >= 11 is 0. The number of piperazine rings is 1. The molecule has 0 aromatic rings. The highest BCUT2D eigenvalue weighted by atomic mass is 16.5. The molecule has 5 heteroatoms. The molecule has 5 nitrogen and oxygen atoms in total. The highest BCUT2D eigenvalue weighted by molar-refractivity contribution is 6.06. The Labute approximate surface area is 331 Å². The van der Waals surface area contributed by atoms with Crippen molar-refractivity contribution in [3.05, 3.63) is 0 Å². The van der Waals surface area contributed by atoms with Crippen molar-refractivity contribution in [3.63, 3.8) is 0 Å². The molecule has 0 aromatic heterocycles. The molecular formula is C48H94N2O3. The Morgan fingerprint density at radius 2 is 0.547 bits per heavy atom. The zero-order valence-electron chi connectivity index (χ0n) is 36.7. The van der Waals surface area contributed by atoms with Gasteiger partial charge in [-0.25, -0.2) is 0 Å². The lowest BCUT2D eigenvalue weighted by Crippen LogP contribution is -2.76. The van der Waals surface area contributed by atoms with Crippen LogP contribution in [-0.4, -0.2) is 44.6 Å². The van der Waals surface area contributed by atoms with Gasteiger partial charge in [0.05, 0.1) is 0 Å². The van der Waals surface area contributed by atoms with E-state index < -0.39 is 11.1 Å². The number of hydrogen-bond donors (Lipinski definition) is 1. The number of rotatable bonds is 39. The minimum Gasteiger partial charge on any atom is -0.312 e. The van der Waals surface area contributed by atoms with Crippen molar-refractivity contribution in [3.8, 4) is 0 Å². The van der Waals surface area contributed by atoms with Gasteiger partial charge in [0, 0.05) is 6.54 Å². The minimum absolute atomic E-state index is 0.0784. The predicted molar refractivity (Wildman–Crippen MR) is 230 cm³/mol. The summed E-state index contributed by atoms with van der Waals surface area (Å²) in [4.78, 5) is 31.7. The number of unbranched alkanes of at least 4 members (excludes halogenated alkanes) is 29. The maximum atomic E-state index is 15.0. The molecule has 1 rings (SSSR count). The molecule has 1 N–H and O–H groups in total. The van der Waals surface area contributed by atoms with Crippen LogP contribution in [0.4, 0.5) is 0 Å². The van der Waals surface area contributed by atoms with Crippen LogP contribution in [0, 0.1) is 0 Å². The van der Waals surface area contributed by atoms with Crippen LogP contribution in [-0.2, 0) is 9.59 Å². The van der Waals surface area contributed by atoms with Crippen molar-refractivity contribution in [2.75, 3.05) is 6.54 Å². The molecule has 0 atom stereocenters. The number of carbonyl (C=O) groups is 2. The van der Waals surface area contributed by atoms with Gasteiger partial charge in [0.25, 0.3) is 11.8 Å². The van der Waals surface area contributed by atoms with E-state index in [1.54, 1.807) is 4.90 Å². The Bertz CT molecular complexity index is 764. The SMILES string of the molecule is CCCCCCCCCC1(CCCCCCCCC)C(=O)N(CCCCCCCC)C(=O)C(CCCCCCCCC)(CCCCCCCCC)N1O. The van der Waals surface area contributed by atoms with Crippen LogP contribution in [0.2, 0.25) is 0 Å². The average Bonchev–Trinajstić information content (AvgIpc) is 3.16. The van der Waals surface area contributed by atoms with E-state index in [-0.39, 0.29) is 11.8 Å². The van der Waals surface area contributed by atoms with E-state index in [0.717, 1.165) is 64.2 Å². The second-order valence-corrected chi connectivity index (χ2v) is 17.4. The van der Waals surface area contributed by atoms with E-state index in [1.165, 1.54) is 159 Å². The molecule has 0 saturated carbocycles. The molecule has 2 amide bonds. The smallest absolute Gasteiger partial charge is 0.252 e. The van der Waals surface area contributed by atoms with Crippen molar-refractivity contribution in [1.29, 1.82) is 0 Å². The summed E-state index contributed by atoms with van der Waals surface area (Å²) in [6, 6.07) is 0. The maximum Gasteiger partial charge on any atom is 0.252 e. The molecule has 0 bridgehead atoms. The fraction of sp³-hybridized carbons (Fsp3) is 0.958. The number of hydroxylamine groups is 2. The monoisotopic (exact) mass is 747 g/mol. The number of amides is 2. The van der Waals surface area contributed by atoms with Gasteiger partial charge in [-0.2, -0.15) is 5.06 Å². The van der Waals surface area contributed by atoms with Gasteiger partial charge in [0.15, 0.2) is 0 Å². The number of imide groups is 1. The van der Waals surface area contributed by atoms with Crippen LogP contribution in [0.1, 0.15) is 279 Å². The molecule has 0 aliphatic carbocycles. The summed E-state index contributed by atoms with van der Waals surface area (Å²) in [5.41, 5.74) is -1.99. The van der Waals surface area contributed by atoms with Gasteiger partial charge in [-0.15, -0.1) is 0 Å². The summed E-state index contributed by atoms with van der Waals surface area (Å²) in [5, 5.41) is 14.3.